The molecule has 18 heavy (non-hydrogen) atoms. The lowest BCUT2D eigenvalue weighted by Gasteiger charge is -2.39. The largest absolute Gasteiger partial charge is 0.391 e. The van der Waals surface area contributed by atoms with Crippen molar-refractivity contribution in [3.63, 3.8) is 0 Å². The average Bonchev–Trinajstić information content (AvgIpc) is 2.38. The smallest absolute Gasteiger partial charge is 0.297 e. The van der Waals surface area contributed by atoms with Crippen molar-refractivity contribution < 1.29 is 13.2 Å². The Balaban J connectivity index is 2.19. The minimum Gasteiger partial charge on any atom is -0.297 e. The molecule has 0 saturated carbocycles. The Kier molecular flexibility index (Phi) is 3.90. The standard InChI is InChI=1S/C13H17F3N2/c1-2-18-7-5-11(13(14,15)16)8-12(18)10-4-3-6-17-9-10/h3-4,6,9,11-12H,2,5,7-8H2,1H3/t11-,12+/m1/s1. The first-order chi connectivity index (χ1) is 8.52. The zero-order valence-electron chi connectivity index (χ0n) is 10.3. The summed E-state index contributed by atoms with van der Waals surface area (Å²) < 4.78 is 38.5. The summed E-state index contributed by atoms with van der Waals surface area (Å²) in [5, 5.41) is 0. The molecule has 0 radical (unpaired) electrons. The highest BCUT2D eigenvalue weighted by atomic mass is 19.4. The monoisotopic (exact) mass is 258 g/mol. The molecule has 0 N–H and O–H groups in total. The molecule has 1 fully saturated rings. The molecule has 1 aromatic heterocycles. The van der Waals surface area contributed by atoms with Crippen molar-refractivity contribution in [1.82, 2.24) is 9.88 Å². The van der Waals surface area contributed by atoms with Gasteiger partial charge in [-0.1, -0.05) is 13.0 Å². The number of hydrogen-bond donors (Lipinski definition) is 0. The van der Waals surface area contributed by atoms with Crippen LogP contribution < -0.4 is 0 Å². The zero-order chi connectivity index (χ0) is 13.2. The van der Waals surface area contributed by atoms with Gasteiger partial charge in [0.15, 0.2) is 0 Å². The molecule has 1 aromatic rings. The third-order valence-electron chi connectivity index (χ3n) is 3.65. The number of rotatable bonds is 2. The Bertz CT molecular complexity index is 378. The second kappa shape index (κ2) is 5.26. The average molecular weight is 258 g/mol. The lowest BCUT2D eigenvalue weighted by atomic mass is 9.87. The first-order valence-electron chi connectivity index (χ1n) is 6.23. The summed E-state index contributed by atoms with van der Waals surface area (Å²) in [6, 6.07) is 3.48. The number of alkyl halides is 3. The molecule has 2 atom stereocenters. The van der Waals surface area contributed by atoms with Gasteiger partial charge in [-0.15, -0.1) is 0 Å². The van der Waals surface area contributed by atoms with Crippen LogP contribution in [0.15, 0.2) is 24.5 Å². The minimum atomic E-state index is -4.08. The van der Waals surface area contributed by atoms with E-state index in [1.807, 2.05) is 13.0 Å². The predicted molar refractivity (Wildman–Crippen MR) is 63.0 cm³/mol. The Labute approximate surface area is 105 Å². The summed E-state index contributed by atoms with van der Waals surface area (Å²) in [7, 11) is 0. The number of likely N-dealkylation sites (tertiary alicyclic amines) is 1. The molecule has 2 rings (SSSR count). The number of piperidine rings is 1. The molecule has 2 heterocycles. The Hall–Kier alpha value is -1.10. The van der Waals surface area contributed by atoms with Crippen LogP contribution in [-0.2, 0) is 0 Å². The summed E-state index contributed by atoms with van der Waals surface area (Å²) in [6.07, 6.45) is -0.423. The van der Waals surface area contributed by atoms with Crippen LogP contribution in [0.5, 0.6) is 0 Å². The van der Waals surface area contributed by atoms with E-state index >= 15 is 0 Å². The van der Waals surface area contributed by atoms with Crippen LogP contribution in [0.25, 0.3) is 0 Å². The summed E-state index contributed by atoms with van der Waals surface area (Å²) in [5.74, 6) is -1.19. The third kappa shape index (κ3) is 2.83. The van der Waals surface area contributed by atoms with E-state index in [9.17, 15) is 13.2 Å². The van der Waals surface area contributed by atoms with Crippen LogP contribution in [0.3, 0.4) is 0 Å². The molecule has 0 amide bonds. The van der Waals surface area contributed by atoms with Gasteiger partial charge in [-0.05, 0) is 37.6 Å². The first-order valence-corrected chi connectivity index (χ1v) is 6.23. The number of halogens is 3. The highest BCUT2D eigenvalue weighted by molar-refractivity contribution is 5.15. The molecule has 0 bridgehead atoms. The van der Waals surface area contributed by atoms with Gasteiger partial charge in [0, 0.05) is 18.4 Å². The van der Waals surface area contributed by atoms with Crippen molar-refractivity contribution in [2.75, 3.05) is 13.1 Å². The van der Waals surface area contributed by atoms with Crippen molar-refractivity contribution in [1.29, 1.82) is 0 Å². The fourth-order valence-corrected chi connectivity index (χ4v) is 2.61. The Morgan fingerprint density at radius 1 is 1.44 bits per heavy atom. The number of nitrogens with zero attached hydrogens (tertiary/aromatic N) is 2. The molecule has 1 saturated heterocycles. The van der Waals surface area contributed by atoms with Crippen LogP contribution in [0, 0.1) is 5.92 Å². The van der Waals surface area contributed by atoms with Gasteiger partial charge < -0.3 is 0 Å². The molecule has 0 spiro atoms. The molecule has 1 aliphatic heterocycles. The second-order valence-corrected chi connectivity index (χ2v) is 4.69. The normalized spacial score (nSPS) is 26.2. The lowest BCUT2D eigenvalue weighted by molar-refractivity contribution is -0.190. The molecular formula is C13H17F3N2. The van der Waals surface area contributed by atoms with Crippen LogP contribution >= 0.6 is 0 Å². The van der Waals surface area contributed by atoms with E-state index < -0.39 is 12.1 Å². The quantitative estimate of drug-likeness (QED) is 0.808. The zero-order valence-corrected chi connectivity index (χ0v) is 10.3. The van der Waals surface area contributed by atoms with E-state index in [4.69, 9.17) is 0 Å². The number of pyridine rings is 1. The van der Waals surface area contributed by atoms with Crippen LogP contribution in [-0.4, -0.2) is 29.1 Å². The van der Waals surface area contributed by atoms with Gasteiger partial charge in [0.05, 0.1) is 5.92 Å². The van der Waals surface area contributed by atoms with E-state index in [0.29, 0.717) is 6.54 Å². The van der Waals surface area contributed by atoms with Gasteiger partial charge in [-0.25, -0.2) is 0 Å². The molecule has 0 aromatic carbocycles. The van der Waals surface area contributed by atoms with Gasteiger partial charge in [0.1, 0.15) is 0 Å². The number of hydrogen-bond acceptors (Lipinski definition) is 2. The van der Waals surface area contributed by atoms with E-state index in [1.165, 1.54) is 0 Å². The molecule has 0 aliphatic carbocycles. The Morgan fingerprint density at radius 2 is 2.22 bits per heavy atom. The van der Waals surface area contributed by atoms with Crippen molar-refractivity contribution in [2.45, 2.75) is 32.0 Å². The maximum absolute atomic E-state index is 12.8. The molecule has 100 valence electrons. The molecule has 0 unspecified atom stereocenters. The second-order valence-electron chi connectivity index (χ2n) is 4.69. The molecule has 2 nitrogen and oxygen atoms in total. The fraction of sp³-hybridized carbons (Fsp3) is 0.615. The summed E-state index contributed by atoms with van der Waals surface area (Å²) in [6.45, 7) is 3.25. The highest BCUT2D eigenvalue weighted by Crippen LogP contribution is 2.41. The maximum Gasteiger partial charge on any atom is 0.391 e. The van der Waals surface area contributed by atoms with E-state index in [-0.39, 0.29) is 18.9 Å². The first kappa shape index (κ1) is 13.3. The van der Waals surface area contributed by atoms with Gasteiger partial charge in [0.25, 0.3) is 0 Å². The third-order valence-corrected chi connectivity index (χ3v) is 3.65. The SMILES string of the molecule is CCN1CC[C@@H](C(F)(F)F)C[C@H]1c1cccnc1. The minimum absolute atomic E-state index is 0.142. The highest BCUT2D eigenvalue weighted by Gasteiger charge is 2.44. The topological polar surface area (TPSA) is 16.1 Å². The predicted octanol–water partition coefficient (Wildman–Crippen LogP) is 3.42. The van der Waals surface area contributed by atoms with Crippen molar-refractivity contribution in [2.24, 2.45) is 5.92 Å². The molecule has 5 heteroatoms. The maximum atomic E-state index is 12.8. The van der Waals surface area contributed by atoms with E-state index in [0.717, 1.165) is 12.1 Å². The number of aromatic nitrogens is 1. The van der Waals surface area contributed by atoms with Crippen LogP contribution in [0.1, 0.15) is 31.4 Å². The van der Waals surface area contributed by atoms with E-state index in [2.05, 4.69) is 9.88 Å². The van der Waals surface area contributed by atoms with E-state index in [1.54, 1.807) is 18.5 Å². The molecular weight excluding hydrogens is 241 g/mol. The Morgan fingerprint density at radius 3 is 2.78 bits per heavy atom. The van der Waals surface area contributed by atoms with Gasteiger partial charge in [-0.3, -0.25) is 9.88 Å². The van der Waals surface area contributed by atoms with Crippen molar-refractivity contribution >= 4 is 0 Å². The molecule has 1 aliphatic rings. The lowest BCUT2D eigenvalue weighted by Crippen LogP contribution is -2.41. The van der Waals surface area contributed by atoms with Crippen LogP contribution in [0.2, 0.25) is 0 Å². The van der Waals surface area contributed by atoms with Gasteiger partial charge in [0.2, 0.25) is 0 Å². The fourth-order valence-electron chi connectivity index (χ4n) is 2.61. The van der Waals surface area contributed by atoms with Crippen molar-refractivity contribution in [3.05, 3.63) is 30.1 Å². The summed E-state index contributed by atoms with van der Waals surface area (Å²) in [4.78, 5) is 6.10. The van der Waals surface area contributed by atoms with Crippen molar-refractivity contribution in [3.8, 4) is 0 Å². The van der Waals surface area contributed by atoms with Gasteiger partial charge in [-0.2, -0.15) is 13.2 Å². The van der Waals surface area contributed by atoms with Gasteiger partial charge >= 0.3 is 6.18 Å². The van der Waals surface area contributed by atoms with Crippen LogP contribution in [0.4, 0.5) is 13.2 Å². The summed E-state index contributed by atoms with van der Waals surface area (Å²) in [5.41, 5.74) is 0.883. The summed E-state index contributed by atoms with van der Waals surface area (Å²) >= 11 is 0.